The standard InChI is InChI=1S/C15H12Cl2N6O3S/c16-12-6-1-9(7-13(12)17)8-14(24)18-10-2-4-11(5-3-10)27(25,26)21-15-19-22-23-20-15/h1-7H,8H2,(H3-,18,19,20,21,22,23,24,25,26). The van der Waals surface area contributed by atoms with Gasteiger partial charge in [0.2, 0.25) is 5.91 Å². The Morgan fingerprint density at radius 2 is 1.89 bits per heavy atom. The molecule has 2 aromatic carbocycles. The molecule has 0 aliphatic heterocycles. The van der Waals surface area contributed by atoms with E-state index >= 15 is 0 Å². The summed E-state index contributed by atoms with van der Waals surface area (Å²) in [5.74, 6) is -0.456. The third-order valence-corrected chi connectivity index (χ3v) is 5.45. The predicted molar refractivity (Wildman–Crippen MR) is 100 cm³/mol. The number of anilines is 2. The summed E-state index contributed by atoms with van der Waals surface area (Å²) in [6.07, 6.45) is 0.0936. The topological polar surface area (TPSA) is 136 Å². The smallest absolute Gasteiger partial charge is 0.304 e. The van der Waals surface area contributed by atoms with E-state index in [1.165, 1.54) is 24.3 Å². The fourth-order valence-electron chi connectivity index (χ4n) is 2.14. The third kappa shape index (κ3) is 5.01. The minimum Gasteiger partial charge on any atom is -0.588 e. The van der Waals surface area contributed by atoms with Gasteiger partial charge < -0.3 is 9.87 Å². The summed E-state index contributed by atoms with van der Waals surface area (Å²) >= 11 is 11.8. The van der Waals surface area contributed by atoms with Gasteiger partial charge in [-0.1, -0.05) is 38.6 Å². The van der Waals surface area contributed by atoms with Gasteiger partial charge in [-0.05, 0) is 47.2 Å². The second kappa shape index (κ2) is 8.01. The molecule has 1 aromatic heterocycles. The molecule has 0 saturated carbocycles. The van der Waals surface area contributed by atoms with Crippen molar-refractivity contribution in [2.24, 2.45) is 0 Å². The lowest BCUT2D eigenvalue weighted by Crippen LogP contribution is -2.22. The number of hydrogen-bond donors (Lipinski definition) is 3. The number of carbonyl (C=O) groups is 1. The van der Waals surface area contributed by atoms with Gasteiger partial charge >= 0.3 is 5.95 Å². The summed E-state index contributed by atoms with van der Waals surface area (Å²) in [5.41, 5.74) is 1.14. The first-order valence-corrected chi connectivity index (χ1v) is 9.67. The van der Waals surface area contributed by atoms with Crippen LogP contribution in [0.4, 0.5) is 11.6 Å². The summed E-state index contributed by atoms with van der Waals surface area (Å²) < 4.78 is 26.5. The van der Waals surface area contributed by atoms with Gasteiger partial charge in [0.15, 0.2) is 15.3 Å². The molecule has 1 heterocycles. The van der Waals surface area contributed by atoms with E-state index < -0.39 is 10.4 Å². The average Bonchev–Trinajstić information content (AvgIpc) is 3.11. The maximum absolute atomic E-state index is 12.2. The number of hydrogen-bond acceptors (Lipinski definition) is 6. The van der Waals surface area contributed by atoms with Crippen LogP contribution in [0.2, 0.25) is 10.0 Å². The highest BCUT2D eigenvalue weighted by Crippen LogP contribution is 2.23. The zero-order valence-corrected chi connectivity index (χ0v) is 15.8. The van der Waals surface area contributed by atoms with Crippen molar-refractivity contribution in [2.75, 3.05) is 10.0 Å². The molecule has 140 valence electrons. The molecule has 12 heteroatoms. The summed E-state index contributed by atoms with van der Waals surface area (Å²) in [4.78, 5) is 12.1. The molecule has 0 aliphatic carbocycles. The average molecular weight is 427 g/mol. The van der Waals surface area contributed by atoms with Crippen molar-refractivity contribution >= 4 is 51.1 Å². The minimum atomic E-state index is -3.86. The van der Waals surface area contributed by atoms with Gasteiger partial charge in [-0.15, -0.1) is 5.10 Å². The van der Waals surface area contributed by atoms with Crippen LogP contribution < -0.4 is 10.0 Å². The van der Waals surface area contributed by atoms with Crippen molar-refractivity contribution in [3.05, 3.63) is 58.1 Å². The summed E-state index contributed by atoms with van der Waals surface area (Å²) in [5, 5.41) is 15.9. The number of carbonyl (C=O) groups excluding carboxylic acids is 1. The number of nitrogens with one attached hydrogen (secondary N) is 3. The van der Waals surface area contributed by atoms with E-state index in [0.29, 0.717) is 21.3 Å². The Balaban J connectivity index is 1.63. The van der Waals surface area contributed by atoms with Gasteiger partial charge in [-0.3, -0.25) is 4.79 Å². The second-order valence-electron chi connectivity index (χ2n) is 5.34. The van der Waals surface area contributed by atoms with E-state index in [9.17, 15) is 13.6 Å². The molecule has 3 aromatic rings. The van der Waals surface area contributed by atoms with Crippen LogP contribution in [0.3, 0.4) is 0 Å². The first-order valence-electron chi connectivity index (χ1n) is 7.43. The first-order chi connectivity index (χ1) is 12.8. The van der Waals surface area contributed by atoms with Gasteiger partial charge in [0.1, 0.15) is 0 Å². The lowest BCUT2D eigenvalue weighted by molar-refractivity contribution is -0.115. The van der Waals surface area contributed by atoms with Crippen LogP contribution in [0.1, 0.15) is 5.56 Å². The van der Waals surface area contributed by atoms with E-state index in [-0.39, 0.29) is 23.2 Å². The van der Waals surface area contributed by atoms with Gasteiger partial charge in [0.25, 0.3) is 0 Å². The largest absolute Gasteiger partial charge is 0.588 e. The van der Waals surface area contributed by atoms with Crippen LogP contribution >= 0.6 is 23.2 Å². The van der Waals surface area contributed by atoms with Crippen molar-refractivity contribution in [3.63, 3.8) is 0 Å². The molecular formula is C15H12Cl2N6O3S. The van der Waals surface area contributed by atoms with Crippen LogP contribution in [-0.2, 0) is 25.8 Å². The number of rotatable bonds is 6. The van der Waals surface area contributed by atoms with Crippen molar-refractivity contribution in [2.45, 2.75) is 11.3 Å². The molecule has 9 nitrogen and oxygen atoms in total. The highest BCUT2D eigenvalue weighted by Gasteiger charge is 2.22. The molecule has 0 spiro atoms. The number of tetrazole rings is 1. The van der Waals surface area contributed by atoms with E-state index in [0.717, 1.165) is 0 Å². The molecule has 3 N–H and O–H groups in total. The summed E-state index contributed by atoms with van der Waals surface area (Å²) in [6, 6.07) is 10.6. The van der Waals surface area contributed by atoms with Gasteiger partial charge in [-0.2, -0.15) is 9.94 Å². The second-order valence-corrected chi connectivity index (χ2v) is 7.84. The number of amides is 1. The molecule has 0 bridgehead atoms. The maximum atomic E-state index is 12.2. The fraction of sp³-hybridized carbons (Fsp3) is 0.0667. The van der Waals surface area contributed by atoms with Gasteiger partial charge in [0, 0.05) is 5.69 Å². The molecule has 1 unspecified atom stereocenters. The molecular weight excluding hydrogens is 415 g/mol. The zero-order chi connectivity index (χ0) is 19.4. The molecule has 1 amide bonds. The number of H-pyrrole nitrogens is 1. The van der Waals surface area contributed by atoms with Crippen molar-refractivity contribution < 1.29 is 13.6 Å². The van der Waals surface area contributed by atoms with Crippen LogP contribution in [0, 0.1) is 0 Å². The molecule has 0 aliphatic rings. The Bertz CT molecular complexity index is 997. The monoisotopic (exact) mass is 426 g/mol. The molecule has 1 atom stereocenters. The van der Waals surface area contributed by atoms with E-state index in [1.54, 1.807) is 18.2 Å². The normalized spacial score (nSPS) is 13.0. The summed E-state index contributed by atoms with van der Waals surface area (Å²) in [7, 11) is -3.86. The van der Waals surface area contributed by atoms with Crippen LogP contribution in [0.15, 0.2) is 47.4 Å². The van der Waals surface area contributed by atoms with Gasteiger partial charge in [0.05, 0.1) is 16.5 Å². The van der Waals surface area contributed by atoms with Crippen LogP contribution in [0.25, 0.3) is 0 Å². The molecule has 0 fully saturated rings. The third-order valence-electron chi connectivity index (χ3n) is 3.37. The Hall–Kier alpha value is -2.53. The molecule has 27 heavy (non-hydrogen) atoms. The quantitative estimate of drug-likeness (QED) is 0.518. The Morgan fingerprint density at radius 3 is 2.52 bits per heavy atom. The number of halogens is 2. The van der Waals surface area contributed by atoms with Crippen molar-refractivity contribution in [1.29, 1.82) is 0 Å². The van der Waals surface area contributed by atoms with E-state index in [2.05, 4.69) is 30.7 Å². The van der Waals surface area contributed by atoms with Crippen molar-refractivity contribution in [3.8, 4) is 0 Å². The Kier molecular flexibility index (Phi) is 5.71. The van der Waals surface area contributed by atoms with Crippen LogP contribution in [0.5, 0.6) is 0 Å². The maximum Gasteiger partial charge on any atom is 0.304 e. The first kappa shape index (κ1) is 19.2. The molecule has 0 radical (unpaired) electrons. The van der Waals surface area contributed by atoms with Crippen molar-refractivity contribution in [1.82, 2.24) is 20.6 Å². The number of aromatic nitrogens is 4. The fourth-order valence-corrected chi connectivity index (χ4v) is 3.40. The molecule has 0 saturated heterocycles. The Morgan fingerprint density at radius 1 is 1.15 bits per heavy atom. The highest BCUT2D eigenvalue weighted by atomic mass is 35.5. The predicted octanol–water partition coefficient (Wildman–Crippen LogP) is 2.70. The highest BCUT2D eigenvalue weighted by molar-refractivity contribution is 7.98. The molecule has 3 rings (SSSR count). The minimum absolute atomic E-state index is 0.0187. The van der Waals surface area contributed by atoms with E-state index in [4.69, 9.17) is 23.2 Å². The van der Waals surface area contributed by atoms with Crippen LogP contribution in [-0.4, -0.2) is 31.1 Å². The SMILES string of the molecule is O=C(Cc1ccc(Cl)c(Cl)c1)Nc1ccc([S+](=O)([O-])Nc2nn[nH]n2)cc1. The zero-order valence-electron chi connectivity index (χ0n) is 13.5. The van der Waals surface area contributed by atoms with E-state index in [1.807, 2.05) is 0 Å². The lowest BCUT2D eigenvalue weighted by atomic mass is 10.1. The number of aromatic amines is 1. The summed E-state index contributed by atoms with van der Waals surface area (Å²) in [6.45, 7) is 0. The van der Waals surface area contributed by atoms with Gasteiger partial charge in [-0.25, -0.2) is 0 Å². The number of benzene rings is 2. The Labute approximate surface area is 164 Å². The number of sulfonamides is 1. The number of nitrogens with zero attached hydrogens (tertiary/aromatic N) is 3. The lowest BCUT2D eigenvalue weighted by Gasteiger charge is -2.13.